The maximum Gasteiger partial charge on any atom is 0.0555 e. The van der Waals surface area contributed by atoms with Crippen LogP contribution in [0.15, 0.2) is 194 Å². The molecule has 12 rings (SSSR count). The molecule has 0 atom stereocenters. The second-order valence-electron chi connectivity index (χ2n) is 14.5. The average Bonchev–Trinajstić information content (AvgIpc) is 3.88. The fraction of sp³-hybridized carbons (Fsp3) is 0. The molecule has 0 saturated heterocycles. The van der Waals surface area contributed by atoms with Crippen LogP contribution in [-0.2, 0) is 0 Å². The van der Waals surface area contributed by atoms with Gasteiger partial charge in [-0.1, -0.05) is 133 Å². The Bertz CT molecular complexity index is 3470. The van der Waals surface area contributed by atoms with E-state index >= 15 is 0 Å². The van der Waals surface area contributed by atoms with Crippen molar-refractivity contribution >= 4 is 85.9 Å². The maximum atomic E-state index is 2.47. The lowest BCUT2D eigenvalue weighted by Gasteiger charge is -2.14. The van der Waals surface area contributed by atoms with Gasteiger partial charge in [0.1, 0.15) is 0 Å². The Balaban J connectivity index is 1.14. The van der Waals surface area contributed by atoms with Crippen molar-refractivity contribution < 1.29 is 0 Å². The molecule has 0 bridgehead atoms. The van der Waals surface area contributed by atoms with E-state index < -0.39 is 0 Å². The molecule has 2 nitrogen and oxygen atoms in total. The van der Waals surface area contributed by atoms with Crippen molar-refractivity contribution in [3.63, 3.8) is 0 Å². The van der Waals surface area contributed by atoms with Crippen LogP contribution in [0, 0.1) is 0 Å². The number of hydrogen-bond acceptors (Lipinski definition) is 1. The number of thiophene rings is 1. The highest BCUT2D eigenvalue weighted by Crippen LogP contribution is 2.45. The first-order valence-electron chi connectivity index (χ1n) is 18.8. The molecule has 0 spiro atoms. The molecule has 3 aromatic heterocycles. The molecule has 256 valence electrons. The van der Waals surface area contributed by atoms with Crippen LogP contribution in [0.1, 0.15) is 0 Å². The lowest BCUT2D eigenvalue weighted by molar-refractivity contribution is 1.18. The summed E-state index contributed by atoms with van der Waals surface area (Å²) < 4.78 is 7.52. The van der Waals surface area contributed by atoms with Crippen molar-refractivity contribution in [3.8, 4) is 33.6 Å². The van der Waals surface area contributed by atoms with Gasteiger partial charge in [0.15, 0.2) is 0 Å². The molecule has 0 N–H and O–H groups in total. The highest BCUT2D eigenvalue weighted by molar-refractivity contribution is 7.26. The van der Waals surface area contributed by atoms with Crippen molar-refractivity contribution in [2.24, 2.45) is 0 Å². The predicted octanol–water partition coefficient (Wildman–Crippen LogP) is 14.7. The van der Waals surface area contributed by atoms with Crippen molar-refractivity contribution in [2.45, 2.75) is 0 Å². The van der Waals surface area contributed by atoms with Crippen LogP contribution in [0.2, 0.25) is 0 Å². The van der Waals surface area contributed by atoms with Gasteiger partial charge in [0.25, 0.3) is 0 Å². The van der Waals surface area contributed by atoms with E-state index in [1.165, 1.54) is 108 Å². The monoisotopic (exact) mass is 716 g/mol. The van der Waals surface area contributed by atoms with E-state index in [-0.39, 0.29) is 0 Å². The summed E-state index contributed by atoms with van der Waals surface area (Å²) in [5, 5.41) is 10.2. The average molecular weight is 717 g/mol. The van der Waals surface area contributed by atoms with Crippen LogP contribution in [0.3, 0.4) is 0 Å². The van der Waals surface area contributed by atoms with E-state index in [9.17, 15) is 0 Å². The van der Waals surface area contributed by atoms with Crippen LogP contribution >= 0.6 is 11.3 Å². The smallest absolute Gasteiger partial charge is 0.0555 e. The van der Waals surface area contributed by atoms with Crippen LogP contribution in [0.4, 0.5) is 0 Å². The quantitative estimate of drug-likeness (QED) is 0.172. The van der Waals surface area contributed by atoms with Gasteiger partial charge in [-0.3, -0.25) is 0 Å². The van der Waals surface area contributed by atoms with Gasteiger partial charge in [-0.2, -0.15) is 0 Å². The van der Waals surface area contributed by atoms with E-state index in [0.29, 0.717) is 0 Å². The van der Waals surface area contributed by atoms with Gasteiger partial charge in [-0.05, 0) is 88.1 Å². The van der Waals surface area contributed by atoms with Crippen LogP contribution in [-0.4, -0.2) is 9.13 Å². The second-order valence-corrected chi connectivity index (χ2v) is 15.6. The van der Waals surface area contributed by atoms with Crippen molar-refractivity contribution in [3.05, 3.63) is 194 Å². The Kier molecular flexibility index (Phi) is 6.54. The van der Waals surface area contributed by atoms with E-state index in [4.69, 9.17) is 0 Å². The third-order valence-corrected chi connectivity index (χ3v) is 12.6. The highest BCUT2D eigenvalue weighted by atomic mass is 32.1. The summed E-state index contributed by atoms with van der Waals surface area (Å²) in [5.74, 6) is 0. The van der Waals surface area contributed by atoms with Gasteiger partial charge in [-0.25, -0.2) is 0 Å². The molecule has 0 aliphatic heterocycles. The number of rotatable bonds is 4. The van der Waals surface area contributed by atoms with E-state index in [0.717, 1.165) is 0 Å². The minimum absolute atomic E-state index is 1.17. The van der Waals surface area contributed by atoms with Gasteiger partial charge in [-0.15, -0.1) is 11.3 Å². The third kappa shape index (κ3) is 4.54. The van der Waals surface area contributed by atoms with E-state index in [1.807, 2.05) is 11.3 Å². The Morgan fingerprint density at radius 3 is 1.82 bits per heavy atom. The summed E-state index contributed by atoms with van der Waals surface area (Å²) in [6.07, 6.45) is 0. The Labute approximate surface area is 321 Å². The summed E-state index contributed by atoms with van der Waals surface area (Å²) in [6, 6.07) is 71.4. The molecular weight excluding hydrogens is 685 g/mol. The zero-order valence-electron chi connectivity index (χ0n) is 29.8. The predicted molar refractivity (Wildman–Crippen MR) is 236 cm³/mol. The zero-order valence-corrected chi connectivity index (χ0v) is 30.6. The highest BCUT2D eigenvalue weighted by Gasteiger charge is 2.20. The Hall–Kier alpha value is -6.94. The van der Waals surface area contributed by atoms with Gasteiger partial charge in [0.2, 0.25) is 0 Å². The summed E-state index contributed by atoms with van der Waals surface area (Å²) in [5.41, 5.74) is 12.2. The number of fused-ring (bicyclic) bond motifs is 10. The third-order valence-electron chi connectivity index (χ3n) is 11.5. The number of benzene rings is 9. The summed E-state index contributed by atoms with van der Waals surface area (Å²) in [6.45, 7) is 0. The van der Waals surface area contributed by atoms with E-state index in [1.54, 1.807) is 0 Å². The normalized spacial score (nSPS) is 12.0. The van der Waals surface area contributed by atoms with Gasteiger partial charge in [0.05, 0.1) is 27.8 Å². The Morgan fingerprint density at radius 1 is 0.309 bits per heavy atom. The summed E-state index contributed by atoms with van der Waals surface area (Å²) >= 11 is 1.90. The van der Waals surface area contributed by atoms with Crippen LogP contribution < -0.4 is 0 Å². The fourth-order valence-electron chi connectivity index (χ4n) is 9.04. The number of nitrogens with zero attached hydrogens (tertiary/aromatic N) is 2. The molecule has 12 aromatic rings. The van der Waals surface area contributed by atoms with Crippen molar-refractivity contribution in [1.29, 1.82) is 0 Å². The molecule has 0 radical (unpaired) electrons. The standard InChI is InChI=1S/C52H32N2S/c1-3-14-34(15-4-1)39-21-9-11-24-46(39)54-47-25-12-10-22-40(47)42-29-44-45-30-49-43(31-51(45)55-52(44)32-50(42)54)41-28-35(38-23-13-17-33-16-7-8-20-37(33)38)26-27-48(41)53(49)36-18-5-2-6-19-36/h1-32H. The molecule has 55 heavy (non-hydrogen) atoms. The molecule has 0 unspecified atom stereocenters. The molecule has 0 saturated carbocycles. The lowest BCUT2D eigenvalue weighted by atomic mass is 9.97. The molecule has 3 heterocycles. The molecule has 0 fully saturated rings. The molecule has 0 aliphatic carbocycles. The van der Waals surface area contributed by atoms with Crippen molar-refractivity contribution in [1.82, 2.24) is 9.13 Å². The number of hydrogen-bond donors (Lipinski definition) is 0. The first-order chi connectivity index (χ1) is 27.3. The molecule has 0 aliphatic rings. The van der Waals surface area contributed by atoms with Gasteiger partial charge >= 0.3 is 0 Å². The lowest BCUT2D eigenvalue weighted by Crippen LogP contribution is -1.96. The van der Waals surface area contributed by atoms with Gasteiger partial charge < -0.3 is 9.13 Å². The SMILES string of the molecule is c1ccc(-c2ccccc2-n2c3ccccc3c3cc4c(cc32)sc2cc3c5cc(-c6cccc7ccccc67)ccc5n(-c5ccccc5)c3cc24)cc1. The second kappa shape index (κ2) is 11.8. The molecular formula is C52H32N2S. The molecule has 3 heteroatoms. The maximum absolute atomic E-state index is 2.47. The van der Waals surface area contributed by atoms with Gasteiger partial charge in [0, 0.05) is 53.0 Å². The summed E-state index contributed by atoms with van der Waals surface area (Å²) in [4.78, 5) is 0. The number of para-hydroxylation sites is 3. The largest absolute Gasteiger partial charge is 0.309 e. The minimum atomic E-state index is 1.17. The Morgan fingerprint density at radius 2 is 0.927 bits per heavy atom. The van der Waals surface area contributed by atoms with Crippen LogP contribution in [0.5, 0.6) is 0 Å². The van der Waals surface area contributed by atoms with Crippen LogP contribution in [0.25, 0.3) is 108 Å². The van der Waals surface area contributed by atoms with E-state index in [2.05, 4.69) is 203 Å². The molecule has 0 amide bonds. The summed E-state index contributed by atoms with van der Waals surface area (Å²) in [7, 11) is 0. The van der Waals surface area contributed by atoms with Crippen molar-refractivity contribution in [2.75, 3.05) is 0 Å². The minimum Gasteiger partial charge on any atom is -0.309 e. The topological polar surface area (TPSA) is 9.86 Å². The first-order valence-corrected chi connectivity index (χ1v) is 19.7. The first kappa shape index (κ1) is 30.5. The fourth-order valence-corrected chi connectivity index (χ4v) is 10.2. The number of aromatic nitrogens is 2. The molecule has 9 aromatic carbocycles. The zero-order chi connectivity index (χ0) is 36.0.